The van der Waals surface area contributed by atoms with Gasteiger partial charge in [-0.05, 0) is 94.3 Å². The molecule has 2 N–H and O–H groups in total. The second-order valence-electron chi connectivity index (χ2n) is 12.2. The fourth-order valence-corrected chi connectivity index (χ4v) is 8.23. The second kappa shape index (κ2) is 14.7. The average Bonchev–Trinajstić information content (AvgIpc) is 3.74. The molecule has 0 aliphatic rings. The monoisotopic (exact) mass is 738 g/mol. The highest BCUT2D eigenvalue weighted by Crippen LogP contribution is 2.38. The molecule has 7 aromatic rings. The first-order valence-corrected chi connectivity index (χ1v) is 18.6. The number of rotatable bonds is 13. The van der Waals surface area contributed by atoms with Crippen LogP contribution in [0.5, 0.6) is 0 Å². The second-order valence-corrected chi connectivity index (χ2v) is 14.8. The SMILES string of the molecule is O=C(O)c1ccc(CCCc2c(CCNS(=O)(=O)c3ccc(Cl)c4nonc34)n(C(c3ccccc3)c3ccccc3)c3ccc(Cl)cc23)cc1. The molecule has 7 rings (SSSR count). The van der Waals surface area contributed by atoms with Crippen molar-refractivity contribution in [3.8, 4) is 0 Å². The Balaban J connectivity index is 1.30. The molecule has 2 aromatic heterocycles. The number of nitrogens with zero attached hydrogens (tertiary/aromatic N) is 3. The van der Waals surface area contributed by atoms with Crippen LogP contribution in [0.2, 0.25) is 10.0 Å². The minimum absolute atomic E-state index is 0.0593. The predicted molar refractivity (Wildman–Crippen MR) is 198 cm³/mol. The van der Waals surface area contributed by atoms with Crippen LogP contribution in [0.15, 0.2) is 125 Å². The minimum Gasteiger partial charge on any atom is -0.478 e. The van der Waals surface area contributed by atoms with Gasteiger partial charge in [-0.1, -0.05) is 96.0 Å². The first kappa shape index (κ1) is 34.4. The van der Waals surface area contributed by atoms with Gasteiger partial charge in [0.05, 0.1) is 16.6 Å². The lowest BCUT2D eigenvalue weighted by Crippen LogP contribution is -2.27. The van der Waals surface area contributed by atoms with Crippen LogP contribution in [-0.4, -0.2) is 40.9 Å². The molecule has 9 nitrogen and oxygen atoms in total. The lowest BCUT2D eigenvalue weighted by atomic mass is 9.97. The molecule has 258 valence electrons. The van der Waals surface area contributed by atoms with E-state index in [0.717, 1.165) is 51.7 Å². The van der Waals surface area contributed by atoms with Crippen LogP contribution in [0.1, 0.15) is 50.8 Å². The number of hydrogen-bond donors (Lipinski definition) is 2. The van der Waals surface area contributed by atoms with Crippen LogP contribution >= 0.6 is 23.2 Å². The normalized spacial score (nSPS) is 11.9. The van der Waals surface area contributed by atoms with E-state index >= 15 is 0 Å². The molecule has 0 aliphatic heterocycles. The number of nitrogens with one attached hydrogen (secondary N) is 1. The van der Waals surface area contributed by atoms with E-state index in [0.29, 0.717) is 17.9 Å². The van der Waals surface area contributed by atoms with Crippen LogP contribution < -0.4 is 4.72 Å². The summed E-state index contributed by atoms with van der Waals surface area (Å²) in [5.41, 5.74) is 6.66. The zero-order valence-corrected chi connectivity index (χ0v) is 29.5. The predicted octanol–water partition coefficient (Wildman–Crippen LogP) is 8.52. The Kier molecular flexibility index (Phi) is 9.93. The van der Waals surface area contributed by atoms with E-state index in [1.165, 1.54) is 12.1 Å². The molecule has 0 fully saturated rings. The maximum atomic E-state index is 13.7. The number of fused-ring (bicyclic) bond motifs is 2. The van der Waals surface area contributed by atoms with Gasteiger partial charge >= 0.3 is 5.97 Å². The van der Waals surface area contributed by atoms with Crippen molar-refractivity contribution in [3.63, 3.8) is 0 Å². The highest BCUT2D eigenvalue weighted by Gasteiger charge is 2.27. The highest BCUT2D eigenvalue weighted by atomic mass is 35.5. The van der Waals surface area contributed by atoms with Crippen molar-refractivity contribution in [2.45, 2.75) is 36.6 Å². The largest absolute Gasteiger partial charge is 0.478 e. The van der Waals surface area contributed by atoms with E-state index in [-0.39, 0.29) is 39.1 Å². The van der Waals surface area contributed by atoms with Crippen molar-refractivity contribution in [2.75, 3.05) is 6.54 Å². The third-order valence-electron chi connectivity index (χ3n) is 9.04. The molecule has 0 bridgehead atoms. The van der Waals surface area contributed by atoms with E-state index < -0.39 is 16.0 Å². The van der Waals surface area contributed by atoms with Crippen LogP contribution in [0.25, 0.3) is 21.9 Å². The smallest absolute Gasteiger partial charge is 0.335 e. The number of benzene rings is 5. The van der Waals surface area contributed by atoms with E-state index in [9.17, 15) is 18.3 Å². The maximum Gasteiger partial charge on any atom is 0.335 e. The Hall–Kier alpha value is -5.00. The third kappa shape index (κ3) is 7.13. The quantitative estimate of drug-likeness (QED) is 0.121. The van der Waals surface area contributed by atoms with Gasteiger partial charge in [-0.25, -0.2) is 22.6 Å². The first-order chi connectivity index (χ1) is 24.7. The number of halogens is 2. The molecule has 2 heterocycles. The summed E-state index contributed by atoms with van der Waals surface area (Å²) < 4.78 is 37.3. The van der Waals surface area contributed by atoms with E-state index in [2.05, 4.69) is 43.9 Å². The standard InChI is InChI=1S/C39H32Cl2N4O5S/c40-29-18-20-33-31(24-29)30(13-7-8-25-14-16-28(17-15-25)39(46)47)34(45(33)38(26-9-3-1-4-10-26)27-11-5-2-6-12-27)22-23-42-51(48,49)35-21-19-32(41)36-37(35)44-50-43-36/h1-6,9-12,14-21,24,38,42H,7-8,13,22-23H2,(H,46,47). The summed E-state index contributed by atoms with van der Waals surface area (Å²) in [6.45, 7) is 0.0851. The van der Waals surface area contributed by atoms with Crippen molar-refractivity contribution in [1.82, 2.24) is 19.6 Å². The van der Waals surface area contributed by atoms with Crippen LogP contribution in [-0.2, 0) is 29.3 Å². The molecule has 0 unspecified atom stereocenters. The van der Waals surface area contributed by atoms with Crippen molar-refractivity contribution in [2.24, 2.45) is 0 Å². The Morgan fingerprint density at radius 2 is 1.47 bits per heavy atom. The van der Waals surface area contributed by atoms with E-state index in [1.54, 1.807) is 12.1 Å². The van der Waals surface area contributed by atoms with Gasteiger partial charge in [-0.2, -0.15) is 0 Å². The summed E-state index contributed by atoms with van der Waals surface area (Å²) in [5, 5.41) is 18.7. The summed E-state index contributed by atoms with van der Waals surface area (Å²) in [6, 6.07) is 35.9. The van der Waals surface area contributed by atoms with Crippen LogP contribution in [0.4, 0.5) is 0 Å². The van der Waals surface area contributed by atoms with Gasteiger partial charge in [0.25, 0.3) is 0 Å². The van der Waals surface area contributed by atoms with Crippen LogP contribution in [0, 0.1) is 0 Å². The summed E-state index contributed by atoms with van der Waals surface area (Å²) in [6.07, 6.45) is 2.52. The Morgan fingerprint density at radius 3 is 2.14 bits per heavy atom. The molecule has 12 heteroatoms. The first-order valence-electron chi connectivity index (χ1n) is 16.3. The Bertz CT molecular complexity index is 2410. The van der Waals surface area contributed by atoms with Gasteiger partial charge in [0, 0.05) is 34.6 Å². The van der Waals surface area contributed by atoms with Crippen molar-refractivity contribution in [3.05, 3.63) is 159 Å². The minimum atomic E-state index is -4.04. The van der Waals surface area contributed by atoms with Gasteiger partial charge in [0.2, 0.25) is 10.0 Å². The molecule has 0 aliphatic carbocycles. The molecule has 0 amide bonds. The van der Waals surface area contributed by atoms with Gasteiger partial charge < -0.3 is 9.67 Å². The summed E-state index contributed by atoms with van der Waals surface area (Å²) in [5.74, 6) is -0.962. The van der Waals surface area contributed by atoms with Crippen molar-refractivity contribution >= 4 is 61.1 Å². The van der Waals surface area contributed by atoms with Crippen molar-refractivity contribution < 1.29 is 22.9 Å². The fourth-order valence-electron chi connectivity index (χ4n) is 6.71. The van der Waals surface area contributed by atoms with Gasteiger partial charge in [0.15, 0.2) is 11.0 Å². The summed E-state index contributed by atoms with van der Waals surface area (Å²) in [7, 11) is -4.04. The number of aryl methyl sites for hydroxylation is 2. The number of aromatic nitrogens is 3. The number of aromatic carboxylic acids is 1. The Labute approximate surface area is 304 Å². The molecule has 0 radical (unpaired) electrons. The summed E-state index contributed by atoms with van der Waals surface area (Å²) in [4.78, 5) is 11.3. The van der Waals surface area contributed by atoms with Crippen molar-refractivity contribution in [1.29, 1.82) is 0 Å². The van der Waals surface area contributed by atoms with E-state index in [4.69, 9.17) is 27.8 Å². The van der Waals surface area contributed by atoms with Gasteiger partial charge in [-0.3, -0.25) is 0 Å². The lowest BCUT2D eigenvalue weighted by Gasteiger charge is -2.25. The number of sulfonamides is 1. The zero-order valence-electron chi connectivity index (χ0n) is 27.2. The molecule has 0 spiro atoms. The number of carboxylic acids is 1. The van der Waals surface area contributed by atoms with Gasteiger partial charge in [-0.15, -0.1) is 0 Å². The lowest BCUT2D eigenvalue weighted by molar-refractivity contribution is 0.0697. The molecule has 0 saturated carbocycles. The Morgan fingerprint density at radius 1 is 0.804 bits per heavy atom. The molecule has 5 aromatic carbocycles. The fraction of sp³-hybridized carbons (Fsp3) is 0.154. The molecular formula is C39H32Cl2N4O5S. The molecule has 0 saturated heterocycles. The highest BCUT2D eigenvalue weighted by molar-refractivity contribution is 7.89. The maximum absolute atomic E-state index is 13.7. The number of hydrogen-bond acceptors (Lipinski definition) is 6. The number of carbonyl (C=O) groups is 1. The molecule has 0 atom stereocenters. The topological polar surface area (TPSA) is 127 Å². The zero-order chi connectivity index (χ0) is 35.5. The van der Waals surface area contributed by atoms with Gasteiger partial charge in [0.1, 0.15) is 4.90 Å². The van der Waals surface area contributed by atoms with Crippen LogP contribution in [0.3, 0.4) is 0 Å². The number of carboxylic acid groups (broad SMARTS) is 1. The molecular weight excluding hydrogens is 707 g/mol. The third-order valence-corrected chi connectivity index (χ3v) is 11.1. The average molecular weight is 740 g/mol. The van der Waals surface area contributed by atoms with E-state index in [1.807, 2.05) is 66.7 Å². The molecule has 51 heavy (non-hydrogen) atoms. The summed E-state index contributed by atoms with van der Waals surface area (Å²) >= 11 is 12.8.